The molecule has 0 saturated heterocycles. The molecule has 0 aromatic carbocycles. The molecule has 1 aliphatic rings. The van der Waals surface area contributed by atoms with Gasteiger partial charge in [-0.25, -0.2) is 0 Å². The lowest BCUT2D eigenvalue weighted by Gasteiger charge is -2.04. The third-order valence-electron chi connectivity index (χ3n) is 2.17. The number of halogens is 3. The standard InChI is InChI=1S/C7H8F3NO4/c8-7(9,10)4-3(6(14)15)5(4)11-1-2(12)13/h3-5,11H,1H2,(H,12,13)(H,14,15)/t3-,4-,5-/m0/s1. The second-order valence-electron chi connectivity index (χ2n) is 3.23. The van der Waals surface area contributed by atoms with E-state index in [1.54, 1.807) is 0 Å². The largest absolute Gasteiger partial charge is 0.481 e. The molecule has 0 heterocycles. The van der Waals surface area contributed by atoms with E-state index in [-0.39, 0.29) is 0 Å². The number of carboxylic acid groups (broad SMARTS) is 2. The lowest BCUT2D eigenvalue weighted by Crippen LogP contribution is -2.29. The van der Waals surface area contributed by atoms with Crippen molar-refractivity contribution < 1.29 is 33.0 Å². The topological polar surface area (TPSA) is 86.6 Å². The number of rotatable bonds is 4. The van der Waals surface area contributed by atoms with Crippen molar-refractivity contribution in [1.29, 1.82) is 0 Å². The molecule has 0 aromatic rings. The smallest absolute Gasteiger partial charge is 0.394 e. The minimum absolute atomic E-state index is 0.680. The van der Waals surface area contributed by atoms with Crippen LogP contribution in [0.5, 0.6) is 0 Å². The van der Waals surface area contributed by atoms with Crippen molar-refractivity contribution in [3.05, 3.63) is 0 Å². The summed E-state index contributed by atoms with van der Waals surface area (Å²) in [5.41, 5.74) is 0. The molecule has 86 valence electrons. The molecule has 0 radical (unpaired) electrons. The fourth-order valence-corrected chi connectivity index (χ4v) is 1.48. The van der Waals surface area contributed by atoms with Crippen LogP contribution in [0.15, 0.2) is 0 Å². The summed E-state index contributed by atoms with van der Waals surface area (Å²) < 4.78 is 36.5. The van der Waals surface area contributed by atoms with Crippen molar-refractivity contribution in [3.8, 4) is 0 Å². The normalized spacial score (nSPS) is 29.9. The highest BCUT2D eigenvalue weighted by Crippen LogP contribution is 2.50. The Balaban J connectivity index is 2.58. The van der Waals surface area contributed by atoms with Crippen molar-refractivity contribution in [2.24, 2.45) is 11.8 Å². The number of aliphatic carboxylic acids is 2. The molecule has 0 amide bonds. The molecular weight excluding hydrogens is 219 g/mol. The number of carboxylic acids is 2. The minimum atomic E-state index is -4.61. The van der Waals surface area contributed by atoms with E-state index in [0.717, 1.165) is 0 Å². The number of alkyl halides is 3. The van der Waals surface area contributed by atoms with Crippen LogP contribution in [0, 0.1) is 11.8 Å². The van der Waals surface area contributed by atoms with Crippen LogP contribution in [-0.2, 0) is 9.59 Å². The van der Waals surface area contributed by atoms with Gasteiger partial charge >= 0.3 is 18.1 Å². The molecule has 3 atom stereocenters. The van der Waals surface area contributed by atoms with Gasteiger partial charge in [-0.05, 0) is 0 Å². The van der Waals surface area contributed by atoms with E-state index in [9.17, 15) is 22.8 Å². The first-order valence-corrected chi connectivity index (χ1v) is 4.00. The Morgan fingerprint density at radius 1 is 1.27 bits per heavy atom. The predicted molar refractivity (Wildman–Crippen MR) is 40.1 cm³/mol. The highest BCUT2D eigenvalue weighted by Gasteiger charge is 2.67. The fraction of sp³-hybridized carbons (Fsp3) is 0.714. The SMILES string of the molecule is O=C(O)CN[C@H]1[C@@H](C(=O)O)[C@@H]1C(F)(F)F. The zero-order chi connectivity index (χ0) is 11.8. The molecular formula is C7H8F3NO4. The van der Waals surface area contributed by atoms with Gasteiger partial charge in [-0.2, -0.15) is 13.2 Å². The van der Waals surface area contributed by atoms with Gasteiger partial charge < -0.3 is 15.5 Å². The number of hydrogen-bond acceptors (Lipinski definition) is 3. The molecule has 0 spiro atoms. The zero-order valence-corrected chi connectivity index (χ0v) is 7.28. The lowest BCUT2D eigenvalue weighted by atomic mass is 10.3. The highest BCUT2D eigenvalue weighted by atomic mass is 19.4. The maximum Gasteiger partial charge on any atom is 0.394 e. The third kappa shape index (κ3) is 2.58. The van der Waals surface area contributed by atoms with Crippen LogP contribution < -0.4 is 5.32 Å². The Labute approximate surface area is 81.9 Å². The molecule has 3 N–H and O–H groups in total. The average Bonchev–Trinajstić information content (AvgIpc) is 2.73. The summed E-state index contributed by atoms with van der Waals surface area (Å²) in [5, 5.41) is 18.7. The van der Waals surface area contributed by atoms with Gasteiger partial charge in [-0.15, -0.1) is 0 Å². The van der Waals surface area contributed by atoms with E-state index in [4.69, 9.17) is 10.2 Å². The first-order chi connectivity index (χ1) is 6.75. The quantitative estimate of drug-likeness (QED) is 0.625. The first-order valence-electron chi connectivity index (χ1n) is 4.00. The van der Waals surface area contributed by atoms with Crippen LogP contribution in [0.1, 0.15) is 0 Å². The molecule has 8 heteroatoms. The molecule has 15 heavy (non-hydrogen) atoms. The van der Waals surface area contributed by atoms with Gasteiger partial charge in [0.15, 0.2) is 0 Å². The Kier molecular flexibility index (Phi) is 2.89. The number of carbonyl (C=O) groups is 2. The molecule has 1 fully saturated rings. The maximum absolute atomic E-state index is 12.2. The second kappa shape index (κ2) is 3.69. The average molecular weight is 227 g/mol. The van der Waals surface area contributed by atoms with E-state index in [0.29, 0.717) is 0 Å². The Bertz CT molecular complexity index is 290. The van der Waals surface area contributed by atoms with Crippen LogP contribution >= 0.6 is 0 Å². The monoisotopic (exact) mass is 227 g/mol. The van der Waals surface area contributed by atoms with Crippen LogP contribution in [0.2, 0.25) is 0 Å². The van der Waals surface area contributed by atoms with E-state index in [2.05, 4.69) is 0 Å². The van der Waals surface area contributed by atoms with Crippen molar-refractivity contribution in [2.75, 3.05) is 6.54 Å². The Morgan fingerprint density at radius 2 is 1.80 bits per heavy atom. The van der Waals surface area contributed by atoms with E-state index >= 15 is 0 Å². The van der Waals surface area contributed by atoms with Gasteiger partial charge in [-0.3, -0.25) is 9.59 Å². The van der Waals surface area contributed by atoms with Gasteiger partial charge in [0.25, 0.3) is 0 Å². The van der Waals surface area contributed by atoms with Gasteiger partial charge in [-0.1, -0.05) is 0 Å². The Morgan fingerprint density at radius 3 is 2.07 bits per heavy atom. The fourth-order valence-electron chi connectivity index (χ4n) is 1.48. The lowest BCUT2D eigenvalue weighted by molar-refractivity contribution is -0.160. The minimum Gasteiger partial charge on any atom is -0.481 e. The van der Waals surface area contributed by atoms with Crippen LogP contribution in [0.4, 0.5) is 13.2 Å². The molecule has 0 bridgehead atoms. The molecule has 0 aliphatic heterocycles. The van der Waals surface area contributed by atoms with E-state index < -0.39 is 42.5 Å². The van der Waals surface area contributed by atoms with Gasteiger partial charge in [0.1, 0.15) is 0 Å². The highest BCUT2D eigenvalue weighted by molar-refractivity contribution is 5.76. The van der Waals surface area contributed by atoms with Crippen molar-refractivity contribution in [2.45, 2.75) is 12.2 Å². The summed E-state index contributed by atoms with van der Waals surface area (Å²) in [6, 6.07) is -1.33. The first kappa shape index (κ1) is 11.8. The molecule has 1 aliphatic carbocycles. The molecule has 0 aromatic heterocycles. The number of hydrogen-bond donors (Lipinski definition) is 3. The van der Waals surface area contributed by atoms with Gasteiger partial charge in [0, 0.05) is 6.04 Å². The summed E-state index contributed by atoms with van der Waals surface area (Å²) in [4.78, 5) is 20.5. The molecule has 5 nitrogen and oxygen atoms in total. The summed E-state index contributed by atoms with van der Waals surface area (Å²) in [7, 11) is 0. The summed E-state index contributed by atoms with van der Waals surface area (Å²) in [5.74, 6) is -6.47. The second-order valence-corrected chi connectivity index (χ2v) is 3.23. The van der Waals surface area contributed by atoms with Gasteiger partial charge in [0.05, 0.1) is 18.4 Å². The third-order valence-corrected chi connectivity index (χ3v) is 2.17. The number of nitrogens with one attached hydrogen (secondary N) is 1. The maximum atomic E-state index is 12.2. The van der Waals surface area contributed by atoms with Crippen molar-refractivity contribution in [3.63, 3.8) is 0 Å². The Hall–Kier alpha value is -1.31. The van der Waals surface area contributed by atoms with E-state index in [1.807, 2.05) is 5.32 Å². The van der Waals surface area contributed by atoms with Crippen molar-refractivity contribution >= 4 is 11.9 Å². The summed E-state index contributed by atoms with van der Waals surface area (Å²) >= 11 is 0. The summed E-state index contributed by atoms with van der Waals surface area (Å²) in [6.45, 7) is -0.680. The summed E-state index contributed by atoms with van der Waals surface area (Å²) in [6.07, 6.45) is -4.61. The van der Waals surface area contributed by atoms with Crippen molar-refractivity contribution in [1.82, 2.24) is 5.32 Å². The van der Waals surface area contributed by atoms with Crippen LogP contribution in [-0.4, -0.2) is 40.9 Å². The van der Waals surface area contributed by atoms with Gasteiger partial charge in [0.2, 0.25) is 0 Å². The zero-order valence-electron chi connectivity index (χ0n) is 7.28. The van der Waals surface area contributed by atoms with Crippen LogP contribution in [0.25, 0.3) is 0 Å². The predicted octanol–water partition coefficient (Wildman–Crippen LogP) is -0.0779. The molecule has 1 saturated carbocycles. The van der Waals surface area contributed by atoms with Crippen LogP contribution in [0.3, 0.4) is 0 Å². The molecule has 1 rings (SSSR count). The molecule has 0 unspecified atom stereocenters. The van der Waals surface area contributed by atoms with E-state index in [1.165, 1.54) is 0 Å².